The van der Waals surface area contributed by atoms with E-state index in [9.17, 15) is 0 Å². The van der Waals surface area contributed by atoms with Gasteiger partial charge in [0.2, 0.25) is 0 Å². The molecule has 0 aliphatic carbocycles. The molecule has 0 aromatic heterocycles. The lowest BCUT2D eigenvalue weighted by Gasteiger charge is -2.25. The molecule has 0 aliphatic rings. The van der Waals surface area contributed by atoms with E-state index in [0.29, 0.717) is 6.54 Å². The first-order valence-corrected chi connectivity index (χ1v) is 16.5. The Morgan fingerprint density at radius 1 is 0.553 bits per heavy atom. The summed E-state index contributed by atoms with van der Waals surface area (Å²) >= 11 is 0. The molecule has 0 bridgehead atoms. The lowest BCUT2D eigenvalue weighted by molar-refractivity contribution is 1.12. The Kier molecular flexibility index (Phi) is 9.36. The highest BCUT2D eigenvalue weighted by atomic mass is 15.1. The Balaban J connectivity index is 1.46. The summed E-state index contributed by atoms with van der Waals surface area (Å²) in [4.78, 5) is 2.41. The van der Waals surface area contributed by atoms with Gasteiger partial charge in [-0.3, -0.25) is 0 Å². The third-order valence-corrected chi connectivity index (χ3v) is 9.17. The standard InChI is InChI=1S/C46H43N/c1-7-15-42-39(8-2)40(9-3)43-20-12-13-21-44(43)45(42)28-29-47(38-18-14-16-32(4)30-38)37-26-24-35(25-27-37)36-23-22-34(6)46(31-36)41-19-11-10-17-33(41)5/h8-28,30-31H,2-3,7,29H2,1,4-6H3/b42-15-,45-28+. The van der Waals surface area contributed by atoms with Gasteiger partial charge < -0.3 is 4.90 Å². The smallest absolute Gasteiger partial charge is 0.0421 e. The van der Waals surface area contributed by atoms with Gasteiger partial charge in [-0.15, -0.1) is 0 Å². The predicted molar refractivity (Wildman–Crippen MR) is 208 cm³/mol. The van der Waals surface area contributed by atoms with Crippen molar-refractivity contribution in [3.63, 3.8) is 0 Å². The molecule has 0 atom stereocenters. The largest absolute Gasteiger partial charge is 0.338 e. The van der Waals surface area contributed by atoms with Crippen LogP contribution in [0.2, 0.25) is 0 Å². The molecular weight excluding hydrogens is 567 g/mol. The second-order valence-electron chi connectivity index (χ2n) is 12.3. The van der Waals surface area contributed by atoms with Crippen LogP contribution in [0, 0.1) is 20.8 Å². The van der Waals surface area contributed by atoms with Crippen LogP contribution in [0.5, 0.6) is 0 Å². The van der Waals surface area contributed by atoms with Crippen molar-refractivity contribution in [3.05, 3.63) is 167 Å². The topological polar surface area (TPSA) is 3.24 Å². The zero-order valence-corrected chi connectivity index (χ0v) is 28.1. The van der Waals surface area contributed by atoms with Crippen molar-refractivity contribution in [1.82, 2.24) is 0 Å². The summed E-state index contributed by atoms with van der Waals surface area (Å²) in [6, 6.07) is 41.9. The van der Waals surface area contributed by atoms with Gasteiger partial charge in [-0.2, -0.15) is 0 Å². The Morgan fingerprint density at radius 2 is 1.23 bits per heavy atom. The fourth-order valence-corrected chi connectivity index (χ4v) is 6.76. The van der Waals surface area contributed by atoms with E-state index in [0.717, 1.165) is 23.2 Å². The summed E-state index contributed by atoms with van der Waals surface area (Å²) in [5, 5.41) is 4.89. The summed E-state index contributed by atoms with van der Waals surface area (Å²) < 4.78 is 0. The van der Waals surface area contributed by atoms with Crippen LogP contribution in [0.15, 0.2) is 128 Å². The zero-order valence-electron chi connectivity index (χ0n) is 28.1. The van der Waals surface area contributed by atoms with Crippen molar-refractivity contribution >= 4 is 46.5 Å². The van der Waals surface area contributed by atoms with Gasteiger partial charge in [0.25, 0.3) is 0 Å². The van der Waals surface area contributed by atoms with Crippen LogP contribution in [-0.2, 0) is 0 Å². The van der Waals surface area contributed by atoms with Crippen molar-refractivity contribution in [2.75, 3.05) is 11.4 Å². The molecule has 0 N–H and O–H groups in total. The fraction of sp³-hybridized carbons (Fsp3) is 0.130. The number of aryl methyl sites for hydroxylation is 3. The molecule has 1 heteroatoms. The van der Waals surface area contributed by atoms with Crippen LogP contribution < -0.4 is 15.3 Å². The van der Waals surface area contributed by atoms with Crippen molar-refractivity contribution in [3.8, 4) is 22.3 Å². The van der Waals surface area contributed by atoms with Gasteiger partial charge in [0.1, 0.15) is 0 Å². The third-order valence-electron chi connectivity index (χ3n) is 9.17. The highest BCUT2D eigenvalue weighted by Gasteiger charge is 2.13. The van der Waals surface area contributed by atoms with E-state index in [1.165, 1.54) is 65.8 Å². The van der Waals surface area contributed by atoms with Gasteiger partial charge in [0, 0.05) is 17.9 Å². The highest BCUT2D eigenvalue weighted by Crippen LogP contribution is 2.33. The second-order valence-corrected chi connectivity index (χ2v) is 12.3. The Hall–Kier alpha value is -5.40. The molecule has 6 aromatic carbocycles. The normalized spacial score (nSPS) is 12.0. The van der Waals surface area contributed by atoms with Crippen molar-refractivity contribution in [2.45, 2.75) is 34.1 Å². The van der Waals surface area contributed by atoms with Gasteiger partial charge in [0.15, 0.2) is 0 Å². The Labute approximate surface area is 280 Å². The van der Waals surface area contributed by atoms with E-state index in [-0.39, 0.29) is 0 Å². The molecule has 6 rings (SSSR count). The van der Waals surface area contributed by atoms with Crippen molar-refractivity contribution < 1.29 is 0 Å². The predicted octanol–water partition coefficient (Wildman–Crippen LogP) is 11.2. The van der Waals surface area contributed by atoms with Crippen LogP contribution in [0.3, 0.4) is 0 Å². The van der Waals surface area contributed by atoms with E-state index < -0.39 is 0 Å². The quantitative estimate of drug-likeness (QED) is 0.158. The molecule has 47 heavy (non-hydrogen) atoms. The first-order valence-electron chi connectivity index (χ1n) is 16.5. The monoisotopic (exact) mass is 609 g/mol. The summed E-state index contributed by atoms with van der Waals surface area (Å²) in [6.45, 7) is 17.8. The maximum absolute atomic E-state index is 4.20. The van der Waals surface area contributed by atoms with Gasteiger partial charge >= 0.3 is 0 Å². The van der Waals surface area contributed by atoms with Gasteiger partial charge in [-0.1, -0.05) is 129 Å². The minimum Gasteiger partial charge on any atom is -0.338 e. The molecule has 6 aromatic rings. The lowest BCUT2D eigenvalue weighted by Crippen LogP contribution is -2.31. The molecule has 0 aliphatic heterocycles. The number of nitrogens with zero attached hydrogens (tertiary/aromatic N) is 1. The Morgan fingerprint density at radius 3 is 1.94 bits per heavy atom. The number of rotatable bonds is 9. The molecule has 0 fully saturated rings. The van der Waals surface area contributed by atoms with Crippen LogP contribution in [-0.4, -0.2) is 6.54 Å². The van der Waals surface area contributed by atoms with Gasteiger partial charge in [-0.25, -0.2) is 0 Å². The van der Waals surface area contributed by atoms with Crippen LogP contribution in [0.1, 0.15) is 41.2 Å². The number of hydrogen-bond acceptors (Lipinski definition) is 1. The highest BCUT2D eigenvalue weighted by molar-refractivity contribution is 5.95. The van der Waals surface area contributed by atoms with Gasteiger partial charge in [-0.05, 0) is 129 Å². The average Bonchev–Trinajstić information content (AvgIpc) is 3.09. The number of fused-ring (bicyclic) bond motifs is 1. The van der Waals surface area contributed by atoms with E-state index in [1.807, 2.05) is 12.2 Å². The molecule has 0 saturated carbocycles. The molecule has 0 amide bonds. The minimum absolute atomic E-state index is 0.712. The Bertz CT molecular complexity index is 2220. The minimum atomic E-state index is 0.712. The van der Waals surface area contributed by atoms with Crippen LogP contribution in [0.25, 0.3) is 57.3 Å². The molecule has 0 saturated heterocycles. The van der Waals surface area contributed by atoms with E-state index in [2.05, 4.69) is 173 Å². The molecular formula is C46H43N. The van der Waals surface area contributed by atoms with Gasteiger partial charge in [0.05, 0.1) is 0 Å². The maximum Gasteiger partial charge on any atom is 0.0421 e. The lowest BCUT2D eigenvalue weighted by atomic mass is 9.93. The van der Waals surface area contributed by atoms with Crippen LogP contribution >= 0.6 is 0 Å². The second kappa shape index (κ2) is 13.9. The third kappa shape index (κ3) is 6.35. The molecule has 0 heterocycles. The van der Waals surface area contributed by atoms with E-state index in [4.69, 9.17) is 0 Å². The SMILES string of the molecule is C=Cc1c(C=C)c2ccccc2c(=C/CN(c2ccc(-c3ccc(C)c(-c4ccccc4C)c3)cc2)c2cccc(C)c2)/c1=C\CC. The molecule has 1 nitrogen and oxygen atoms in total. The van der Waals surface area contributed by atoms with E-state index >= 15 is 0 Å². The molecule has 232 valence electrons. The summed E-state index contributed by atoms with van der Waals surface area (Å²) in [5.74, 6) is 0. The van der Waals surface area contributed by atoms with Crippen molar-refractivity contribution in [1.29, 1.82) is 0 Å². The fourth-order valence-electron chi connectivity index (χ4n) is 6.76. The maximum atomic E-state index is 4.20. The first-order chi connectivity index (χ1) is 22.9. The number of benzene rings is 6. The number of hydrogen-bond donors (Lipinski definition) is 0. The molecule has 0 spiro atoms. The molecule has 0 unspecified atom stereocenters. The summed E-state index contributed by atoms with van der Waals surface area (Å²) in [7, 11) is 0. The first kappa shape index (κ1) is 31.6. The van der Waals surface area contributed by atoms with Crippen LogP contribution in [0.4, 0.5) is 11.4 Å². The summed E-state index contributed by atoms with van der Waals surface area (Å²) in [6.07, 6.45) is 9.59. The molecule has 0 radical (unpaired) electrons. The summed E-state index contributed by atoms with van der Waals surface area (Å²) in [5.41, 5.74) is 13.4. The van der Waals surface area contributed by atoms with Crippen molar-refractivity contribution in [2.24, 2.45) is 0 Å². The average molecular weight is 610 g/mol. The van der Waals surface area contributed by atoms with E-state index in [1.54, 1.807) is 0 Å². The number of anilines is 2. The zero-order chi connectivity index (χ0) is 32.9.